The molecule has 84 valence electrons. The summed E-state index contributed by atoms with van der Waals surface area (Å²) in [5, 5.41) is 3.02. The number of benzene rings is 1. The number of hydrogen-bond donors (Lipinski definition) is 1. The molecule has 1 aromatic carbocycles. The molecule has 0 radical (unpaired) electrons. The Morgan fingerprint density at radius 2 is 2.00 bits per heavy atom. The van der Waals surface area contributed by atoms with Gasteiger partial charge in [0.15, 0.2) is 0 Å². The summed E-state index contributed by atoms with van der Waals surface area (Å²) < 4.78 is 13.0. The van der Waals surface area contributed by atoms with E-state index in [2.05, 4.69) is 11.9 Å². The minimum atomic E-state index is -0.193. The minimum absolute atomic E-state index is 0.193. The predicted molar refractivity (Wildman–Crippen MR) is 65.7 cm³/mol. The lowest BCUT2D eigenvalue weighted by Gasteiger charge is -2.05. The molecule has 0 aliphatic carbocycles. The first-order chi connectivity index (χ1) is 7.34. The molecule has 1 nitrogen and oxygen atoms in total. The Balaban J connectivity index is 0.000000921. The van der Waals surface area contributed by atoms with Gasteiger partial charge in [-0.3, -0.25) is 0 Å². The Morgan fingerprint density at radius 3 is 2.60 bits per heavy atom. The third kappa shape index (κ3) is 5.89. The second-order valence-corrected chi connectivity index (χ2v) is 2.84. The largest absolute Gasteiger partial charge is 0.383 e. The normalized spacial score (nSPS) is 8.73. The van der Waals surface area contributed by atoms with Crippen molar-refractivity contribution in [2.75, 3.05) is 11.9 Å². The summed E-state index contributed by atoms with van der Waals surface area (Å²) in [5.41, 5.74) is 0.576. The van der Waals surface area contributed by atoms with Crippen LogP contribution in [0.5, 0.6) is 0 Å². The van der Waals surface area contributed by atoms with E-state index >= 15 is 0 Å². The Labute approximate surface area is 92.0 Å². The molecule has 0 amide bonds. The van der Waals surface area contributed by atoms with E-state index in [0.717, 1.165) is 19.4 Å². The molecule has 1 N–H and O–H groups in total. The summed E-state index contributed by atoms with van der Waals surface area (Å²) in [6.07, 6.45) is 3.81. The van der Waals surface area contributed by atoms with E-state index in [1.165, 1.54) is 6.07 Å². The number of hydrogen-bond acceptors (Lipinski definition) is 1. The molecule has 2 heteroatoms. The van der Waals surface area contributed by atoms with Crippen LogP contribution in [0.25, 0.3) is 0 Å². The van der Waals surface area contributed by atoms with Crippen LogP contribution >= 0.6 is 0 Å². The zero-order valence-electron chi connectivity index (χ0n) is 9.59. The highest BCUT2D eigenvalue weighted by molar-refractivity contribution is 5.44. The monoisotopic (exact) mass is 209 g/mol. The third-order valence-corrected chi connectivity index (χ3v) is 1.77. The van der Waals surface area contributed by atoms with Crippen molar-refractivity contribution in [3.05, 3.63) is 42.7 Å². The van der Waals surface area contributed by atoms with E-state index in [1.807, 2.05) is 26.0 Å². The van der Waals surface area contributed by atoms with Crippen LogP contribution in [0.3, 0.4) is 0 Å². The molecule has 15 heavy (non-hydrogen) atoms. The Bertz CT molecular complexity index is 271. The number of allylic oxidation sites excluding steroid dienone is 1. The average molecular weight is 209 g/mol. The first kappa shape index (κ1) is 13.7. The van der Waals surface area contributed by atoms with Gasteiger partial charge in [-0.1, -0.05) is 32.1 Å². The van der Waals surface area contributed by atoms with Gasteiger partial charge in [0.05, 0.1) is 5.69 Å². The van der Waals surface area contributed by atoms with E-state index < -0.39 is 0 Å². The molecule has 0 spiro atoms. The summed E-state index contributed by atoms with van der Waals surface area (Å²) in [6, 6.07) is 6.70. The maximum Gasteiger partial charge on any atom is 0.146 e. The van der Waals surface area contributed by atoms with Crippen molar-refractivity contribution in [2.45, 2.75) is 26.7 Å². The Hall–Kier alpha value is -1.31. The highest BCUT2D eigenvalue weighted by atomic mass is 19.1. The van der Waals surface area contributed by atoms with Crippen molar-refractivity contribution in [3.63, 3.8) is 0 Å². The van der Waals surface area contributed by atoms with Crippen molar-refractivity contribution in [1.29, 1.82) is 0 Å². The molecule has 0 heterocycles. The van der Waals surface area contributed by atoms with Crippen LogP contribution in [0.2, 0.25) is 0 Å². The van der Waals surface area contributed by atoms with E-state index in [-0.39, 0.29) is 5.82 Å². The number of halogens is 1. The van der Waals surface area contributed by atoms with Crippen LogP contribution < -0.4 is 5.32 Å². The molecule has 0 fully saturated rings. The highest BCUT2D eigenvalue weighted by Crippen LogP contribution is 2.11. The van der Waals surface area contributed by atoms with Gasteiger partial charge in [0.1, 0.15) is 5.82 Å². The van der Waals surface area contributed by atoms with E-state index in [1.54, 1.807) is 12.1 Å². The minimum Gasteiger partial charge on any atom is -0.383 e. The van der Waals surface area contributed by atoms with Crippen LogP contribution in [0.1, 0.15) is 26.7 Å². The van der Waals surface area contributed by atoms with Gasteiger partial charge in [-0.15, -0.1) is 6.58 Å². The van der Waals surface area contributed by atoms with Crippen LogP contribution in [0.4, 0.5) is 10.1 Å². The first-order valence-corrected chi connectivity index (χ1v) is 5.44. The Morgan fingerprint density at radius 1 is 1.33 bits per heavy atom. The SMILES string of the molecule is C=CCCCNc1ccccc1F.CC. The second-order valence-electron chi connectivity index (χ2n) is 2.84. The van der Waals surface area contributed by atoms with Gasteiger partial charge in [-0.25, -0.2) is 4.39 Å². The number of para-hydroxylation sites is 1. The lowest BCUT2D eigenvalue weighted by atomic mass is 10.2. The highest BCUT2D eigenvalue weighted by Gasteiger charge is 1.97. The lowest BCUT2D eigenvalue weighted by Crippen LogP contribution is -2.02. The molecular weight excluding hydrogens is 189 g/mol. The molecule has 0 bridgehead atoms. The van der Waals surface area contributed by atoms with Gasteiger partial charge in [0, 0.05) is 6.54 Å². The van der Waals surface area contributed by atoms with Gasteiger partial charge < -0.3 is 5.32 Å². The van der Waals surface area contributed by atoms with Gasteiger partial charge in [0.2, 0.25) is 0 Å². The van der Waals surface area contributed by atoms with Gasteiger partial charge in [-0.2, -0.15) is 0 Å². The van der Waals surface area contributed by atoms with Gasteiger partial charge in [-0.05, 0) is 25.0 Å². The van der Waals surface area contributed by atoms with Gasteiger partial charge >= 0.3 is 0 Å². The second kappa shape index (κ2) is 9.25. The van der Waals surface area contributed by atoms with Crippen LogP contribution in [0.15, 0.2) is 36.9 Å². The first-order valence-electron chi connectivity index (χ1n) is 5.44. The molecule has 0 saturated heterocycles. The molecule has 1 aromatic rings. The lowest BCUT2D eigenvalue weighted by molar-refractivity contribution is 0.629. The quantitative estimate of drug-likeness (QED) is 0.565. The molecule has 0 atom stereocenters. The van der Waals surface area contributed by atoms with Crippen molar-refractivity contribution >= 4 is 5.69 Å². The topological polar surface area (TPSA) is 12.0 Å². The standard InChI is InChI=1S/C11H14FN.C2H6/c1-2-3-6-9-13-11-8-5-4-7-10(11)12;1-2/h2,4-5,7-8,13H,1,3,6,9H2;1-2H3. The van der Waals surface area contributed by atoms with E-state index in [4.69, 9.17) is 0 Å². The van der Waals surface area contributed by atoms with Gasteiger partial charge in [0.25, 0.3) is 0 Å². The van der Waals surface area contributed by atoms with Crippen LogP contribution in [0, 0.1) is 5.82 Å². The smallest absolute Gasteiger partial charge is 0.146 e. The van der Waals surface area contributed by atoms with Crippen molar-refractivity contribution in [2.24, 2.45) is 0 Å². The number of unbranched alkanes of at least 4 members (excludes halogenated alkanes) is 1. The van der Waals surface area contributed by atoms with Crippen molar-refractivity contribution < 1.29 is 4.39 Å². The maximum absolute atomic E-state index is 13.0. The summed E-state index contributed by atoms with van der Waals surface area (Å²) in [5.74, 6) is -0.193. The fraction of sp³-hybridized carbons (Fsp3) is 0.385. The van der Waals surface area contributed by atoms with E-state index in [9.17, 15) is 4.39 Å². The molecule has 0 saturated carbocycles. The predicted octanol–water partition coefficient (Wildman–Crippen LogP) is 4.23. The van der Waals surface area contributed by atoms with Crippen molar-refractivity contribution in [3.8, 4) is 0 Å². The fourth-order valence-corrected chi connectivity index (χ4v) is 1.07. The molecule has 0 unspecified atom stereocenters. The molecule has 0 aromatic heterocycles. The maximum atomic E-state index is 13.0. The molecule has 1 rings (SSSR count). The summed E-state index contributed by atoms with van der Waals surface area (Å²) in [7, 11) is 0. The van der Waals surface area contributed by atoms with Crippen molar-refractivity contribution in [1.82, 2.24) is 0 Å². The number of rotatable bonds is 5. The van der Waals surface area contributed by atoms with Crippen LogP contribution in [-0.2, 0) is 0 Å². The summed E-state index contributed by atoms with van der Waals surface area (Å²) in [6.45, 7) is 8.41. The molecular formula is C13H20FN. The number of nitrogens with one attached hydrogen (secondary N) is 1. The molecule has 0 aliphatic heterocycles. The fourth-order valence-electron chi connectivity index (χ4n) is 1.07. The third-order valence-electron chi connectivity index (χ3n) is 1.77. The average Bonchev–Trinajstić information content (AvgIpc) is 2.29. The molecule has 0 aliphatic rings. The summed E-state index contributed by atoms with van der Waals surface area (Å²) >= 11 is 0. The zero-order valence-corrected chi connectivity index (χ0v) is 9.59. The van der Waals surface area contributed by atoms with Crippen LogP contribution in [-0.4, -0.2) is 6.54 Å². The zero-order chi connectivity index (χ0) is 11.5. The Kier molecular flexibility index (Phi) is 8.44. The number of anilines is 1. The van der Waals surface area contributed by atoms with E-state index in [0.29, 0.717) is 5.69 Å². The summed E-state index contributed by atoms with van der Waals surface area (Å²) in [4.78, 5) is 0.